The van der Waals surface area contributed by atoms with Crippen LogP contribution >= 0.6 is 11.6 Å². The number of nitrogens with zero attached hydrogens (tertiary/aromatic N) is 1. The highest BCUT2D eigenvalue weighted by Gasteiger charge is 2.26. The molecule has 156 valence electrons. The fourth-order valence-corrected chi connectivity index (χ4v) is 4.91. The number of nitrogens with one attached hydrogen (secondary N) is 3. The highest BCUT2D eigenvalue weighted by Crippen LogP contribution is 2.23. The Hall–Kier alpha value is -1.60. The number of halogens is 1. The minimum atomic E-state index is -0.748. The summed E-state index contributed by atoms with van der Waals surface area (Å²) in [5, 5.41) is 10.4. The molecule has 2 rings (SSSR count). The topological polar surface area (TPSA) is 82.6 Å². The molecule has 1 amide bonds. The van der Waals surface area contributed by atoms with Crippen LogP contribution in [0.5, 0.6) is 0 Å². The summed E-state index contributed by atoms with van der Waals surface area (Å²) in [6, 6.07) is 5.73. The van der Waals surface area contributed by atoms with Crippen molar-refractivity contribution < 1.29 is 9.00 Å². The Balaban J connectivity index is 1.77. The van der Waals surface area contributed by atoms with Crippen LogP contribution in [0.3, 0.4) is 0 Å². The first kappa shape index (κ1) is 22.7. The molecule has 1 saturated carbocycles. The summed E-state index contributed by atoms with van der Waals surface area (Å²) in [5.41, 5.74) is 1.59. The largest absolute Gasteiger partial charge is 0.356 e. The van der Waals surface area contributed by atoms with Crippen LogP contribution in [-0.2, 0) is 15.6 Å². The molecule has 1 aliphatic carbocycles. The van der Waals surface area contributed by atoms with Crippen molar-refractivity contribution in [3.63, 3.8) is 0 Å². The monoisotopic (exact) mass is 426 g/mol. The van der Waals surface area contributed by atoms with E-state index in [0.29, 0.717) is 29.7 Å². The van der Waals surface area contributed by atoms with Crippen LogP contribution in [-0.4, -0.2) is 46.7 Å². The van der Waals surface area contributed by atoms with Crippen LogP contribution < -0.4 is 16.0 Å². The van der Waals surface area contributed by atoms with E-state index in [4.69, 9.17) is 11.6 Å². The second-order valence-electron chi connectivity index (χ2n) is 7.01. The third-order valence-corrected chi connectivity index (χ3v) is 7.18. The molecule has 0 bridgehead atoms. The third-order valence-electron chi connectivity index (χ3n) is 5.03. The van der Waals surface area contributed by atoms with Crippen LogP contribution in [0.25, 0.3) is 0 Å². The van der Waals surface area contributed by atoms with E-state index in [1.54, 1.807) is 13.1 Å². The third kappa shape index (κ3) is 6.78. The molecule has 0 radical (unpaired) electrons. The quantitative estimate of drug-likeness (QED) is 0.461. The van der Waals surface area contributed by atoms with Crippen molar-refractivity contribution in [1.29, 1.82) is 0 Å². The molecule has 1 fully saturated rings. The van der Waals surface area contributed by atoms with Crippen LogP contribution in [0, 0.1) is 6.92 Å². The van der Waals surface area contributed by atoms with E-state index < -0.39 is 10.8 Å². The molecule has 0 aliphatic heterocycles. The number of carbonyl (C=O) groups excluding carboxylic acids is 1. The highest BCUT2D eigenvalue weighted by molar-refractivity contribution is 7.85. The Bertz CT molecular complexity index is 726. The summed E-state index contributed by atoms with van der Waals surface area (Å²) in [5.74, 6) is 1.31. The molecule has 0 spiro atoms. The fraction of sp³-hybridized carbons (Fsp3) is 0.600. The maximum atomic E-state index is 12.2. The summed E-state index contributed by atoms with van der Waals surface area (Å²) in [6.07, 6.45) is 4.38. The van der Waals surface area contributed by atoms with E-state index in [9.17, 15) is 9.00 Å². The standard InChI is InChI=1S/C20H31ClN4O2S/c1-4-28(27)16-8-5-7-15(13-16)24-20(22-3)23-12-11-19(26)25-18-10-6-9-17(21)14(18)2/h6,9-10,15-16H,4-5,7-8,11-13H2,1-3H3,(H,25,26)(H2,22,23,24). The summed E-state index contributed by atoms with van der Waals surface area (Å²) in [4.78, 5) is 16.4. The maximum absolute atomic E-state index is 12.2. The molecule has 1 aromatic rings. The Morgan fingerprint density at radius 3 is 2.86 bits per heavy atom. The fourth-order valence-electron chi connectivity index (χ4n) is 3.39. The van der Waals surface area contributed by atoms with E-state index in [1.165, 1.54) is 0 Å². The van der Waals surface area contributed by atoms with Gasteiger partial charge in [-0.05, 0) is 43.9 Å². The molecule has 0 aromatic heterocycles. The number of hydrogen-bond acceptors (Lipinski definition) is 3. The summed E-state index contributed by atoms with van der Waals surface area (Å²) in [7, 11) is 0.969. The van der Waals surface area contributed by atoms with Gasteiger partial charge in [0.25, 0.3) is 0 Å². The van der Waals surface area contributed by atoms with E-state index >= 15 is 0 Å². The van der Waals surface area contributed by atoms with Crippen LogP contribution in [0.2, 0.25) is 5.02 Å². The van der Waals surface area contributed by atoms with Gasteiger partial charge in [0, 0.05) is 58.6 Å². The number of guanidine groups is 1. The van der Waals surface area contributed by atoms with Gasteiger partial charge < -0.3 is 16.0 Å². The number of anilines is 1. The molecule has 3 atom stereocenters. The lowest BCUT2D eigenvalue weighted by atomic mass is 9.95. The normalized spacial score (nSPS) is 21.1. The molecule has 28 heavy (non-hydrogen) atoms. The van der Waals surface area contributed by atoms with E-state index in [-0.39, 0.29) is 17.2 Å². The molecular weight excluding hydrogens is 396 g/mol. The van der Waals surface area contributed by atoms with E-state index in [1.807, 2.05) is 26.0 Å². The smallest absolute Gasteiger partial charge is 0.226 e. The van der Waals surface area contributed by atoms with Crippen molar-refractivity contribution in [3.05, 3.63) is 28.8 Å². The average molecular weight is 427 g/mol. The number of carbonyl (C=O) groups is 1. The molecule has 0 heterocycles. The second kappa shape index (κ2) is 11.4. The molecular formula is C20H31ClN4O2S. The van der Waals surface area contributed by atoms with Gasteiger partial charge in [-0.25, -0.2) is 0 Å². The van der Waals surface area contributed by atoms with Gasteiger partial charge in [-0.15, -0.1) is 0 Å². The van der Waals surface area contributed by atoms with Gasteiger partial charge in [0.15, 0.2) is 5.96 Å². The first-order chi connectivity index (χ1) is 13.4. The zero-order chi connectivity index (χ0) is 20.5. The van der Waals surface area contributed by atoms with Crippen LogP contribution in [0.1, 0.15) is 44.6 Å². The van der Waals surface area contributed by atoms with Crippen LogP contribution in [0.15, 0.2) is 23.2 Å². The van der Waals surface area contributed by atoms with Crippen molar-refractivity contribution in [3.8, 4) is 0 Å². The van der Waals surface area contributed by atoms with E-state index in [0.717, 1.165) is 36.9 Å². The molecule has 0 saturated heterocycles. The minimum Gasteiger partial charge on any atom is -0.356 e. The predicted octanol–water partition coefficient (Wildman–Crippen LogP) is 3.22. The van der Waals surface area contributed by atoms with Gasteiger partial charge in [-0.3, -0.25) is 14.0 Å². The number of amides is 1. The zero-order valence-electron chi connectivity index (χ0n) is 16.9. The Morgan fingerprint density at radius 1 is 1.36 bits per heavy atom. The molecule has 8 heteroatoms. The lowest BCUT2D eigenvalue weighted by Gasteiger charge is -2.30. The highest BCUT2D eigenvalue weighted by atomic mass is 35.5. The summed E-state index contributed by atoms with van der Waals surface area (Å²) < 4.78 is 12.1. The first-order valence-electron chi connectivity index (χ1n) is 9.83. The van der Waals surface area contributed by atoms with Gasteiger partial charge >= 0.3 is 0 Å². The van der Waals surface area contributed by atoms with Crippen molar-refractivity contribution in [2.24, 2.45) is 4.99 Å². The predicted molar refractivity (Wildman–Crippen MR) is 119 cm³/mol. The molecule has 3 N–H and O–H groups in total. The number of benzene rings is 1. The molecule has 6 nitrogen and oxygen atoms in total. The molecule has 1 aliphatic rings. The van der Waals surface area contributed by atoms with Gasteiger partial charge in [0.05, 0.1) is 0 Å². The lowest BCUT2D eigenvalue weighted by Crippen LogP contribution is -2.47. The van der Waals surface area contributed by atoms with Crippen LogP contribution in [0.4, 0.5) is 5.69 Å². The number of rotatable bonds is 7. The van der Waals surface area contributed by atoms with Gasteiger partial charge in [-0.2, -0.15) is 0 Å². The van der Waals surface area contributed by atoms with Crippen molar-refractivity contribution in [1.82, 2.24) is 10.6 Å². The SMILES string of the molecule is CCS(=O)C1CCCC(NC(=NC)NCCC(=O)Nc2cccc(Cl)c2C)C1. The van der Waals surface area contributed by atoms with E-state index in [2.05, 4.69) is 20.9 Å². The first-order valence-corrected chi connectivity index (χ1v) is 11.6. The number of aliphatic imine (C=N–C) groups is 1. The van der Waals surface area contributed by atoms with Gasteiger partial charge in [-0.1, -0.05) is 31.0 Å². The Labute approximate surface area is 175 Å². The average Bonchev–Trinajstić information content (AvgIpc) is 2.70. The summed E-state index contributed by atoms with van der Waals surface area (Å²) in [6.45, 7) is 4.33. The maximum Gasteiger partial charge on any atom is 0.226 e. The van der Waals surface area contributed by atoms with Gasteiger partial charge in [0.1, 0.15) is 0 Å². The number of hydrogen-bond donors (Lipinski definition) is 3. The zero-order valence-corrected chi connectivity index (χ0v) is 18.5. The Morgan fingerprint density at radius 2 is 2.14 bits per heavy atom. The Kier molecular flexibility index (Phi) is 9.25. The minimum absolute atomic E-state index is 0.0793. The van der Waals surface area contributed by atoms with Crippen molar-refractivity contribution >= 4 is 40.0 Å². The van der Waals surface area contributed by atoms with Crippen molar-refractivity contribution in [2.75, 3.05) is 24.7 Å². The molecule has 1 aromatic carbocycles. The lowest BCUT2D eigenvalue weighted by molar-refractivity contribution is -0.116. The second-order valence-corrected chi connectivity index (χ2v) is 9.42. The summed E-state index contributed by atoms with van der Waals surface area (Å²) >= 11 is 6.09. The van der Waals surface area contributed by atoms with Gasteiger partial charge in [0.2, 0.25) is 5.91 Å². The molecule has 3 unspecified atom stereocenters. The van der Waals surface area contributed by atoms with Crippen molar-refractivity contribution in [2.45, 2.75) is 57.2 Å².